The monoisotopic (exact) mass is 276 g/mol. The van der Waals surface area contributed by atoms with E-state index in [2.05, 4.69) is 10.1 Å². The maximum absolute atomic E-state index is 6.01. The average molecular weight is 276 g/mol. The van der Waals surface area contributed by atoms with Crippen molar-refractivity contribution < 1.29 is 14.1 Å². The molecule has 1 aromatic heterocycles. The van der Waals surface area contributed by atoms with E-state index in [9.17, 15) is 0 Å². The molecule has 0 spiro atoms. The highest BCUT2D eigenvalue weighted by molar-refractivity contribution is 6.63. The molecular weight excluding hydrogens is 255 g/mol. The van der Waals surface area contributed by atoms with Crippen LogP contribution < -0.4 is 10.3 Å². The van der Waals surface area contributed by atoms with E-state index in [0.717, 1.165) is 11.2 Å². The Morgan fingerprint density at radius 3 is 2.35 bits per heavy atom. The van der Waals surface area contributed by atoms with Gasteiger partial charge in [-0.1, -0.05) is 5.16 Å². The maximum Gasteiger partial charge on any atom is 0.500 e. The van der Waals surface area contributed by atoms with E-state index in [4.69, 9.17) is 14.1 Å². The zero-order chi connectivity index (χ0) is 15.0. The molecule has 1 aliphatic rings. The summed E-state index contributed by atoms with van der Waals surface area (Å²) in [5.41, 5.74) is 0.793. The number of hydrogen-bond acceptors (Lipinski definition) is 5. The summed E-state index contributed by atoms with van der Waals surface area (Å²) in [5.74, 6) is 0.597. The molecule has 0 unspecified atom stereocenters. The van der Waals surface area contributed by atoms with Gasteiger partial charge in [-0.25, -0.2) is 0 Å². The quantitative estimate of drug-likeness (QED) is 0.482. The smallest absolute Gasteiger partial charge is 0.399 e. The Morgan fingerprint density at radius 2 is 1.80 bits per heavy atom. The van der Waals surface area contributed by atoms with Crippen LogP contribution >= 0.6 is 0 Å². The second kappa shape index (κ2) is 5.18. The standard InChI is InChI=1S/C14H21BN2O3/c1-10(2)17-18-12-7-8-16-9-11(12)15-19-13(3,4)14(5,6)20-15/h7-9H,1-6H3. The first-order chi connectivity index (χ1) is 9.23. The molecule has 2 rings (SSSR count). The summed E-state index contributed by atoms with van der Waals surface area (Å²) in [6.07, 6.45) is 3.35. The van der Waals surface area contributed by atoms with Gasteiger partial charge in [0.25, 0.3) is 0 Å². The van der Waals surface area contributed by atoms with E-state index in [-0.39, 0.29) is 0 Å². The van der Waals surface area contributed by atoms with Crippen LogP contribution in [0, 0.1) is 0 Å². The summed E-state index contributed by atoms with van der Waals surface area (Å²) < 4.78 is 12.0. The average Bonchev–Trinajstić information content (AvgIpc) is 2.56. The zero-order valence-electron chi connectivity index (χ0n) is 12.9. The van der Waals surface area contributed by atoms with Crippen LogP contribution in [-0.4, -0.2) is 29.0 Å². The third kappa shape index (κ3) is 2.86. The minimum atomic E-state index is -0.504. The van der Waals surface area contributed by atoms with Crippen molar-refractivity contribution >= 4 is 18.3 Å². The van der Waals surface area contributed by atoms with Gasteiger partial charge >= 0.3 is 7.12 Å². The third-order valence-corrected chi connectivity index (χ3v) is 3.64. The van der Waals surface area contributed by atoms with Crippen LogP contribution in [0.3, 0.4) is 0 Å². The van der Waals surface area contributed by atoms with Gasteiger partial charge in [0.1, 0.15) is 0 Å². The molecule has 0 radical (unpaired) electrons. The largest absolute Gasteiger partial charge is 0.500 e. The minimum Gasteiger partial charge on any atom is -0.399 e. The lowest BCUT2D eigenvalue weighted by Gasteiger charge is -2.32. The molecular formula is C14H21BN2O3. The third-order valence-electron chi connectivity index (χ3n) is 3.64. The molecule has 0 aromatic carbocycles. The number of hydrogen-bond donors (Lipinski definition) is 0. The highest BCUT2D eigenvalue weighted by Gasteiger charge is 2.52. The zero-order valence-corrected chi connectivity index (χ0v) is 12.9. The summed E-state index contributed by atoms with van der Waals surface area (Å²) in [7, 11) is -0.504. The Balaban J connectivity index is 2.29. The number of oxime groups is 1. The molecule has 1 saturated heterocycles. The molecule has 0 atom stereocenters. The number of rotatable bonds is 3. The van der Waals surface area contributed by atoms with Gasteiger partial charge in [0.05, 0.1) is 16.9 Å². The predicted octanol–water partition coefficient (Wildman–Crippen LogP) is 2.16. The maximum atomic E-state index is 6.01. The second-order valence-electron chi connectivity index (χ2n) is 6.13. The van der Waals surface area contributed by atoms with Crippen LogP contribution in [0.25, 0.3) is 0 Å². The lowest BCUT2D eigenvalue weighted by atomic mass is 9.79. The number of pyridine rings is 1. The molecule has 0 bridgehead atoms. The molecule has 0 saturated carbocycles. The predicted molar refractivity (Wildman–Crippen MR) is 79.4 cm³/mol. The molecule has 108 valence electrons. The van der Waals surface area contributed by atoms with Crippen LogP contribution in [0.1, 0.15) is 41.5 Å². The SMILES string of the molecule is CC(C)=NOc1ccncc1B1OC(C)(C)C(C)(C)O1. The van der Waals surface area contributed by atoms with Crippen molar-refractivity contribution in [1.82, 2.24) is 4.98 Å². The fourth-order valence-electron chi connectivity index (χ4n) is 1.76. The van der Waals surface area contributed by atoms with E-state index in [1.54, 1.807) is 18.5 Å². The first kappa shape index (κ1) is 15.0. The molecule has 2 heterocycles. The molecule has 0 amide bonds. The van der Waals surface area contributed by atoms with E-state index in [0.29, 0.717) is 5.75 Å². The molecule has 1 aromatic rings. The second-order valence-corrected chi connectivity index (χ2v) is 6.13. The topological polar surface area (TPSA) is 52.9 Å². The minimum absolute atomic E-state index is 0.394. The van der Waals surface area contributed by atoms with Gasteiger partial charge in [-0.3, -0.25) is 4.98 Å². The van der Waals surface area contributed by atoms with Crippen LogP contribution in [0.2, 0.25) is 0 Å². The van der Waals surface area contributed by atoms with Crippen LogP contribution in [0.4, 0.5) is 0 Å². The Labute approximate surface area is 120 Å². The summed E-state index contributed by atoms with van der Waals surface area (Å²) in [4.78, 5) is 9.56. The Bertz CT molecular complexity index is 509. The van der Waals surface area contributed by atoms with Crippen LogP contribution in [-0.2, 0) is 9.31 Å². The Hall–Kier alpha value is -1.40. The summed E-state index contributed by atoms with van der Waals surface area (Å²) >= 11 is 0. The molecule has 0 aliphatic carbocycles. The lowest BCUT2D eigenvalue weighted by molar-refractivity contribution is 0.00578. The normalized spacial score (nSPS) is 19.8. The number of aromatic nitrogens is 1. The van der Waals surface area contributed by atoms with Gasteiger partial charge in [-0.15, -0.1) is 0 Å². The summed E-state index contributed by atoms with van der Waals surface area (Å²) in [6, 6.07) is 1.76. The highest BCUT2D eigenvalue weighted by Crippen LogP contribution is 2.37. The Morgan fingerprint density at radius 1 is 1.20 bits per heavy atom. The first-order valence-electron chi connectivity index (χ1n) is 6.71. The van der Waals surface area contributed by atoms with Gasteiger partial charge in [-0.05, 0) is 41.5 Å². The van der Waals surface area contributed by atoms with Crippen LogP contribution in [0.5, 0.6) is 5.75 Å². The van der Waals surface area contributed by atoms with Crippen molar-refractivity contribution in [3.8, 4) is 5.75 Å². The van der Waals surface area contributed by atoms with Crippen molar-refractivity contribution in [2.45, 2.75) is 52.7 Å². The van der Waals surface area contributed by atoms with E-state index >= 15 is 0 Å². The molecule has 1 aliphatic heterocycles. The van der Waals surface area contributed by atoms with Crippen molar-refractivity contribution in [2.75, 3.05) is 0 Å². The van der Waals surface area contributed by atoms with Crippen molar-refractivity contribution in [2.24, 2.45) is 5.16 Å². The molecule has 5 nitrogen and oxygen atoms in total. The van der Waals surface area contributed by atoms with Crippen LogP contribution in [0.15, 0.2) is 23.6 Å². The summed E-state index contributed by atoms with van der Waals surface area (Å²) in [6.45, 7) is 11.8. The van der Waals surface area contributed by atoms with E-state index in [1.807, 2.05) is 41.5 Å². The van der Waals surface area contributed by atoms with Crippen molar-refractivity contribution in [3.63, 3.8) is 0 Å². The van der Waals surface area contributed by atoms with Gasteiger partial charge < -0.3 is 14.1 Å². The molecule has 1 fully saturated rings. The van der Waals surface area contributed by atoms with Gasteiger partial charge in [-0.2, -0.15) is 0 Å². The van der Waals surface area contributed by atoms with Crippen molar-refractivity contribution in [3.05, 3.63) is 18.5 Å². The Kier molecular flexibility index (Phi) is 3.89. The van der Waals surface area contributed by atoms with Crippen molar-refractivity contribution in [1.29, 1.82) is 0 Å². The fourth-order valence-corrected chi connectivity index (χ4v) is 1.76. The molecule has 0 N–H and O–H groups in total. The van der Waals surface area contributed by atoms with Gasteiger partial charge in [0.2, 0.25) is 0 Å². The molecule has 6 heteroatoms. The first-order valence-corrected chi connectivity index (χ1v) is 6.71. The molecule has 20 heavy (non-hydrogen) atoms. The van der Waals surface area contributed by atoms with E-state index < -0.39 is 18.3 Å². The highest BCUT2D eigenvalue weighted by atomic mass is 16.7. The fraction of sp³-hybridized carbons (Fsp3) is 0.571. The van der Waals surface area contributed by atoms with Gasteiger partial charge in [0.15, 0.2) is 5.75 Å². The summed E-state index contributed by atoms with van der Waals surface area (Å²) in [5, 5.41) is 3.98. The lowest BCUT2D eigenvalue weighted by Crippen LogP contribution is -2.41. The van der Waals surface area contributed by atoms with E-state index in [1.165, 1.54) is 0 Å². The number of nitrogens with zero attached hydrogens (tertiary/aromatic N) is 2. The van der Waals surface area contributed by atoms with Gasteiger partial charge in [0, 0.05) is 23.9 Å².